The minimum atomic E-state index is -0.965. The molecular formula is C34H42O9. The van der Waals surface area contributed by atoms with Crippen molar-refractivity contribution in [2.75, 3.05) is 19.8 Å². The van der Waals surface area contributed by atoms with Gasteiger partial charge in [-0.05, 0) is 38.0 Å². The number of aliphatic hydroxyl groups excluding tert-OH is 1. The number of rotatable bonds is 4. The maximum Gasteiger partial charge on any atom is 0.342 e. The third-order valence-corrected chi connectivity index (χ3v) is 5.56. The van der Waals surface area contributed by atoms with Gasteiger partial charge in [-0.1, -0.05) is 52.0 Å². The first kappa shape index (κ1) is 36.6. The van der Waals surface area contributed by atoms with Gasteiger partial charge >= 0.3 is 17.9 Å². The summed E-state index contributed by atoms with van der Waals surface area (Å²) in [6.45, 7) is 12.0. The fourth-order valence-electron chi connectivity index (χ4n) is 3.40. The SMILES string of the molecule is C#CC(C)C.C#CC(C)C.CC1COC(=O)c2cccc(CC(=O)O)c2O1.CC1COC(=O)c2cccc(CCO)c2O1. The molecule has 2 aliphatic heterocycles. The van der Waals surface area contributed by atoms with Crippen LogP contribution in [0.2, 0.25) is 0 Å². The van der Waals surface area contributed by atoms with Gasteiger partial charge in [-0.15, -0.1) is 24.7 Å². The number of cyclic esters (lactones) is 2. The zero-order chi connectivity index (χ0) is 32.5. The van der Waals surface area contributed by atoms with Gasteiger partial charge in [-0.2, -0.15) is 0 Å². The van der Waals surface area contributed by atoms with E-state index in [1.54, 1.807) is 37.3 Å². The molecule has 9 nitrogen and oxygen atoms in total. The lowest BCUT2D eigenvalue weighted by Crippen LogP contribution is -2.17. The molecule has 0 radical (unpaired) electrons. The number of carboxylic acid groups (broad SMARTS) is 1. The lowest BCUT2D eigenvalue weighted by atomic mass is 10.1. The Balaban J connectivity index is 0.000000329. The Morgan fingerprint density at radius 1 is 0.837 bits per heavy atom. The molecule has 2 heterocycles. The van der Waals surface area contributed by atoms with Crippen LogP contribution >= 0.6 is 0 Å². The van der Waals surface area contributed by atoms with Crippen LogP contribution in [-0.4, -0.2) is 60.1 Å². The van der Waals surface area contributed by atoms with Crippen molar-refractivity contribution in [3.63, 3.8) is 0 Å². The topological polar surface area (TPSA) is 129 Å². The molecule has 0 amide bonds. The Bertz CT molecular complexity index is 1280. The highest BCUT2D eigenvalue weighted by molar-refractivity contribution is 5.94. The molecule has 232 valence electrons. The summed E-state index contributed by atoms with van der Waals surface area (Å²) < 4.78 is 21.2. The second-order valence-electron chi connectivity index (χ2n) is 10.3. The normalized spacial score (nSPS) is 16.3. The first-order chi connectivity index (χ1) is 20.3. The van der Waals surface area contributed by atoms with Crippen LogP contribution < -0.4 is 9.47 Å². The fourth-order valence-corrected chi connectivity index (χ4v) is 3.40. The second kappa shape index (κ2) is 18.9. The molecule has 9 heteroatoms. The highest BCUT2D eigenvalue weighted by Gasteiger charge is 2.25. The number of carbonyl (C=O) groups excluding carboxylic acids is 2. The summed E-state index contributed by atoms with van der Waals surface area (Å²) in [6, 6.07) is 10.1. The number of para-hydroxylation sites is 2. The number of ether oxygens (including phenoxy) is 4. The van der Waals surface area contributed by atoms with Crippen molar-refractivity contribution in [2.45, 2.75) is 66.6 Å². The second-order valence-corrected chi connectivity index (χ2v) is 10.3. The molecule has 2 aromatic carbocycles. The highest BCUT2D eigenvalue weighted by Crippen LogP contribution is 2.29. The van der Waals surface area contributed by atoms with E-state index >= 15 is 0 Å². The van der Waals surface area contributed by atoms with Crippen LogP contribution in [0.5, 0.6) is 11.5 Å². The number of fused-ring (bicyclic) bond motifs is 2. The van der Waals surface area contributed by atoms with Crippen molar-refractivity contribution in [1.29, 1.82) is 0 Å². The van der Waals surface area contributed by atoms with Crippen molar-refractivity contribution in [1.82, 2.24) is 0 Å². The van der Waals surface area contributed by atoms with Gasteiger partial charge in [0.25, 0.3) is 0 Å². The van der Waals surface area contributed by atoms with Gasteiger partial charge in [-0.3, -0.25) is 4.79 Å². The van der Waals surface area contributed by atoms with E-state index in [0.717, 1.165) is 5.56 Å². The van der Waals surface area contributed by atoms with Crippen LogP contribution in [0.3, 0.4) is 0 Å². The van der Waals surface area contributed by atoms with Crippen molar-refractivity contribution < 1.29 is 43.5 Å². The number of terminal acetylenes is 2. The van der Waals surface area contributed by atoms with Gasteiger partial charge in [0.2, 0.25) is 0 Å². The molecule has 43 heavy (non-hydrogen) atoms. The van der Waals surface area contributed by atoms with Gasteiger partial charge in [0, 0.05) is 24.0 Å². The summed E-state index contributed by atoms with van der Waals surface area (Å²) in [5.41, 5.74) is 2.05. The molecule has 0 saturated carbocycles. The Labute approximate surface area is 254 Å². The minimum absolute atomic E-state index is 0.0310. The lowest BCUT2D eigenvalue weighted by Gasteiger charge is -2.14. The van der Waals surface area contributed by atoms with E-state index in [1.807, 2.05) is 40.7 Å². The predicted molar refractivity (Wildman–Crippen MR) is 163 cm³/mol. The molecule has 0 aromatic heterocycles. The van der Waals surface area contributed by atoms with E-state index in [-0.39, 0.29) is 50.0 Å². The third kappa shape index (κ3) is 12.9. The summed E-state index contributed by atoms with van der Waals surface area (Å²) in [6.07, 6.45) is 9.70. The van der Waals surface area contributed by atoms with Crippen LogP contribution in [-0.2, 0) is 27.1 Å². The molecule has 2 aliphatic rings. The summed E-state index contributed by atoms with van der Waals surface area (Å²) in [5, 5.41) is 17.8. The first-order valence-electron chi connectivity index (χ1n) is 14.0. The largest absolute Gasteiger partial charge is 0.486 e. The summed E-state index contributed by atoms with van der Waals surface area (Å²) in [5.74, 6) is 4.95. The van der Waals surface area contributed by atoms with Crippen LogP contribution in [0, 0.1) is 36.5 Å². The molecular weight excluding hydrogens is 552 g/mol. The van der Waals surface area contributed by atoms with E-state index < -0.39 is 11.9 Å². The Morgan fingerprint density at radius 3 is 1.60 bits per heavy atom. The third-order valence-electron chi connectivity index (χ3n) is 5.56. The number of carbonyl (C=O) groups is 3. The monoisotopic (exact) mass is 594 g/mol. The Hall–Kier alpha value is -4.47. The average molecular weight is 595 g/mol. The summed E-state index contributed by atoms with van der Waals surface area (Å²) in [7, 11) is 0. The quantitative estimate of drug-likeness (QED) is 0.373. The van der Waals surface area contributed by atoms with Crippen LogP contribution in [0.15, 0.2) is 36.4 Å². The lowest BCUT2D eigenvalue weighted by molar-refractivity contribution is -0.136. The van der Waals surface area contributed by atoms with E-state index in [9.17, 15) is 14.4 Å². The minimum Gasteiger partial charge on any atom is -0.486 e. The summed E-state index contributed by atoms with van der Waals surface area (Å²) >= 11 is 0. The van der Waals surface area contributed by atoms with Crippen molar-refractivity contribution in [3.8, 4) is 36.2 Å². The predicted octanol–water partition coefficient (Wildman–Crippen LogP) is 4.96. The molecule has 0 spiro atoms. The Kier molecular flexibility index (Phi) is 16.0. The fraction of sp³-hybridized carbons (Fsp3) is 0.441. The molecule has 0 aliphatic carbocycles. The maximum absolute atomic E-state index is 11.6. The number of hydrogen-bond donors (Lipinski definition) is 2. The molecule has 2 unspecified atom stereocenters. The first-order valence-corrected chi connectivity index (χ1v) is 14.0. The van der Waals surface area contributed by atoms with E-state index in [2.05, 4.69) is 11.8 Å². The van der Waals surface area contributed by atoms with Gasteiger partial charge < -0.3 is 29.2 Å². The van der Waals surface area contributed by atoms with E-state index in [4.69, 9.17) is 42.0 Å². The molecule has 2 atom stereocenters. The van der Waals surface area contributed by atoms with Gasteiger partial charge in [0.05, 0.1) is 6.42 Å². The number of carboxylic acids is 1. The molecule has 2 N–H and O–H groups in total. The molecule has 0 fully saturated rings. The van der Waals surface area contributed by atoms with Crippen LogP contribution in [0.25, 0.3) is 0 Å². The number of benzene rings is 2. The van der Waals surface area contributed by atoms with E-state index in [0.29, 0.717) is 40.9 Å². The highest BCUT2D eigenvalue weighted by atomic mass is 16.6. The van der Waals surface area contributed by atoms with Gasteiger partial charge in [0.15, 0.2) is 0 Å². The Morgan fingerprint density at radius 2 is 1.23 bits per heavy atom. The number of esters is 2. The molecule has 4 rings (SSSR count). The molecule has 2 aromatic rings. The zero-order valence-electron chi connectivity index (χ0n) is 25.7. The van der Waals surface area contributed by atoms with Crippen LogP contribution in [0.4, 0.5) is 0 Å². The number of hydrogen-bond acceptors (Lipinski definition) is 8. The standard InChI is InChI=1S/C12H12O5.C12H14O4.2C5H8/c1-7-6-16-12(15)9-4-2-3-8(5-10(13)14)11(9)17-7;1-8-7-15-12(14)10-4-2-3-9(5-6-13)11(10)16-8;2*1-4-5(2)3/h2-4,7H,5-6H2,1H3,(H,13,14);2-4,8,13H,5-7H2,1H3;2*1,5H,2-3H3. The van der Waals surface area contributed by atoms with Gasteiger partial charge in [-0.25, -0.2) is 9.59 Å². The van der Waals surface area contributed by atoms with Crippen LogP contribution in [0.1, 0.15) is 73.4 Å². The smallest absolute Gasteiger partial charge is 0.342 e. The number of aliphatic carboxylic acids is 1. The molecule has 0 saturated heterocycles. The van der Waals surface area contributed by atoms with E-state index in [1.165, 1.54) is 0 Å². The maximum atomic E-state index is 11.6. The summed E-state index contributed by atoms with van der Waals surface area (Å²) in [4.78, 5) is 34.0. The van der Waals surface area contributed by atoms with Crippen molar-refractivity contribution >= 4 is 17.9 Å². The zero-order valence-corrected chi connectivity index (χ0v) is 25.7. The number of aliphatic hydroxyl groups is 1. The average Bonchev–Trinajstić information content (AvgIpc) is 3.21. The van der Waals surface area contributed by atoms with Gasteiger partial charge in [0.1, 0.15) is 48.0 Å². The van der Waals surface area contributed by atoms with Crippen molar-refractivity contribution in [3.05, 3.63) is 58.7 Å². The van der Waals surface area contributed by atoms with Crippen molar-refractivity contribution in [2.24, 2.45) is 11.8 Å². The molecule has 0 bridgehead atoms.